The van der Waals surface area contributed by atoms with Gasteiger partial charge in [-0.3, -0.25) is 4.79 Å². The van der Waals surface area contributed by atoms with Gasteiger partial charge in [-0.15, -0.1) is 0 Å². The number of primary amides is 1. The van der Waals surface area contributed by atoms with Gasteiger partial charge in [0.2, 0.25) is 5.91 Å². The van der Waals surface area contributed by atoms with Crippen LogP contribution in [0.4, 0.5) is 0 Å². The molecule has 5 heteroatoms. The van der Waals surface area contributed by atoms with Crippen molar-refractivity contribution in [3.05, 3.63) is 64.9 Å². The molecule has 0 unspecified atom stereocenters. The predicted octanol–water partition coefficient (Wildman–Crippen LogP) is 3.30. The van der Waals surface area contributed by atoms with Crippen LogP contribution in [0.2, 0.25) is 5.02 Å². The van der Waals surface area contributed by atoms with Gasteiger partial charge >= 0.3 is 0 Å². The van der Waals surface area contributed by atoms with Crippen molar-refractivity contribution in [2.24, 2.45) is 5.73 Å². The van der Waals surface area contributed by atoms with Crippen LogP contribution in [-0.2, 0) is 11.2 Å². The minimum absolute atomic E-state index is 0.333. The molecule has 3 rings (SSSR count). The van der Waals surface area contributed by atoms with Crippen LogP contribution < -0.4 is 5.73 Å². The molecule has 3 N–H and O–H groups in total. The van der Waals surface area contributed by atoms with E-state index >= 15 is 0 Å². The number of nitrogens with two attached hydrogens (primary N) is 1. The number of aromatic nitrogens is 2. The molecule has 0 radical (unpaired) electrons. The van der Waals surface area contributed by atoms with Gasteiger partial charge in [0.25, 0.3) is 0 Å². The third-order valence-corrected chi connectivity index (χ3v) is 2.94. The number of carbonyl (C=O) groups excluding carboxylic acids is 1. The molecule has 2 aromatic carbocycles. The zero-order chi connectivity index (χ0) is 15.2. The molecule has 0 aliphatic carbocycles. The number of hydrogen-bond acceptors (Lipinski definition) is 2. The topological polar surface area (TPSA) is 71.8 Å². The van der Waals surface area contributed by atoms with Crippen LogP contribution in [0.25, 0.3) is 11.0 Å². The maximum Gasteiger partial charge on any atom is 0.214 e. The van der Waals surface area contributed by atoms with Crippen LogP contribution in [-0.4, -0.2) is 15.9 Å². The number of carbonyl (C=O) groups is 1. The molecule has 1 aromatic heterocycles. The average molecular weight is 302 g/mol. The molecule has 4 nitrogen and oxygen atoms in total. The first-order valence-corrected chi connectivity index (χ1v) is 6.86. The average Bonchev–Trinajstić information content (AvgIpc) is 2.80. The van der Waals surface area contributed by atoms with Crippen molar-refractivity contribution in [3.8, 4) is 0 Å². The third-order valence-electron chi connectivity index (χ3n) is 2.71. The highest BCUT2D eigenvalue weighted by molar-refractivity contribution is 6.31. The molecule has 0 aliphatic rings. The number of nitrogens with zero attached hydrogens (tertiary/aromatic N) is 1. The lowest BCUT2D eigenvalue weighted by Gasteiger charge is -1.96. The molecule has 0 saturated heterocycles. The number of nitrogens with one attached hydrogen (secondary N) is 1. The standard InChI is InChI=1S/C14H11ClN2.C2H5NO/c15-11-6-7-12-13(9-11)17-14(16-12)8-10-4-2-1-3-5-10;1-2(3)4/h1-7,9H,8H2,(H,16,17);1H3,(H2,3,4). The Kier molecular flexibility index (Phi) is 4.95. The lowest BCUT2D eigenvalue weighted by atomic mass is 10.1. The summed E-state index contributed by atoms with van der Waals surface area (Å²) in [5.74, 6) is 0.633. The van der Waals surface area contributed by atoms with Crippen LogP contribution in [0.3, 0.4) is 0 Å². The van der Waals surface area contributed by atoms with Crippen LogP contribution in [0.5, 0.6) is 0 Å². The number of amides is 1. The minimum atomic E-state index is -0.333. The predicted molar refractivity (Wildman–Crippen MR) is 85.2 cm³/mol. The smallest absolute Gasteiger partial charge is 0.214 e. The molecule has 0 spiro atoms. The number of halogens is 1. The van der Waals surface area contributed by atoms with E-state index in [1.807, 2.05) is 36.4 Å². The largest absolute Gasteiger partial charge is 0.370 e. The van der Waals surface area contributed by atoms with Crippen LogP contribution in [0.1, 0.15) is 18.3 Å². The van der Waals surface area contributed by atoms with Crippen LogP contribution >= 0.6 is 11.6 Å². The Morgan fingerprint density at radius 1 is 1.24 bits per heavy atom. The van der Waals surface area contributed by atoms with E-state index in [1.165, 1.54) is 12.5 Å². The van der Waals surface area contributed by atoms with Crippen molar-refractivity contribution in [2.75, 3.05) is 0 Å². The number of hydrogen-bond donors (Lipinski definition) is 2. The fourth-order valence-corrected chi connectivity index (χ4v) is 2.07. The Hall–Kier alpha value is -2.33. The highest BCUT2D eigenvalue weighted by Crippen LogP contribution is 2.18. The van der Waals surface area contributed by atoms with E-state index in [-0.39, 0.29) is 5.91 Å². The lowest BCUT2D eigenvalue weighted by molar-refractivity contribution is -0.115. The fraction of sp³-hybridized carbons (Fsp3) is 0.125. The zero-order valence-corrected chi connectivity index (χ0v) is 12.4. The van der Waals surface area contributed by atoms with E-state index in [9.17, 15) is 4.79 Å². The normalized spacial score (nSPS) is 10.0. The molecule has 0 fully saturated rings. The highest BCUT2D eigenvalue weighted by Gasteiger charge is 2.03. The van der Waals surface area contributed by atoms with Gasteiger partial charge < -0.3 is 10.7 Å². The molecule has 21 heavy (non-hydrogen) atoms. The first-order chi connectivity index (χ1) is 10.0. The highest BCUT2D eigenvalue weighted by atomic mass is 35.5. The van der Waals surface area contributed by atoms with Gasteiger partial charge in [0.1, 0.15) is 5.82 Å². The second-order valence-corrected chi connectivity index (χ2v) is 5.05. The van der Waals surface area contributed by atoms with Gasteiger partial charge in [-0.05, 0) is 23.8 Å². The third kappa shape index (κ3) is 4.61. The van der Waals surface area contributed by atoms with E-state index in [0.29, 0.717) is 0 Å². The quantitative estimate of drug-likeness (QED) is 0.762. The van der Waals surface area contributed by atoms with Crippen molar-refractivity contribution in [2.45, 2.75) is 13.3 Å². The van der Waals surface area contributed by atoms with E-state index in [2.05, 4.69) is 27.8 Å². The van der Waals surface area contributed by atoms with Crippen molar-refractivity contribution in [1.29, 1.82) is 0 Å². The first-order valence-electron chi connectivity index (χ1n) is 6.48. The van der Waals surface area contributed by atoms with Gasteiger partial charge in [0, 0.05) is 18.4 Å². The number of benzene rings is 2. The molecule has 0 aliphatic heterocycles. The van der Waals surface area contributed by atoms with Gasteiger partial charge in [0.05, 0.1) is 11.0 Å². The summed E-state index contributed by atoms with van der Waals surface area (Å²) in [5.41, 5.74) is 7.67. The second-order valence-electron chi connectivity index (χ2n) is 4.62. The summed E-state index contributed by atoms with van der Waals surface area (Å²) in [6.45, 7) is 1.31. The Labute approximate surface area is 128 Å². The lowest BCUT2D eigenvalue weighted by Crippen LogP contribution is -2.01. The Morgan fingerprint density at radius 2 is 1.90 bits per heavy atom. The SMILES string of the molecule is CC(N)=O.Clc1ccc2[nH]c(Cc3ccccc3)nc2c1. The Bertz CT molecular complexity index is 734. The van der Waals surface area contributed by atoms with Gasteiger partial charge in [-0.2, -0.15) is 0 Å². The van der Waals surface area contributed by atoms with E-state index in [1.54, 1.807) is 0 Å². The number of aromatic amines is 1. The molecule has 0 bridgehead atoms. The summed E-state index contributed by atoms with van der Waals surface area (Å²) in [6.07, 6.45) is 0.813. The van der Waals surface area contributed by atoms with Gasteiger partial charge in [0.15, 0.2) is 0 Å². The molecule has 1 heterocycles. The maximum absolute atomic E-state index is 9.22. The fourth-order valence-electron chi connectivity index (χ4n) is 1.90. The maximum atomic E-state index is 9.22. The van der Waals surface area contributed by atoms with Gasteiger partial charge in [-0.1, -0.05) is 41.9 Å². The van der Waals surface area contributed by atoms with Crippen molar-refractivity contribution in [3.63, 3.8) is 0 Å². The molecule has 1 amide bonds. The zero-order valence-electron chi connectivity index (χ0n) is 11.6. The summed E-state index contributed by atoms with van der Waals surface area (Å²) < 4.78 is 0. The second kappa shape index (κ2) is 6.90. The Morgan fingerprint density at radius 3 is 2.57 bits per heavy atom. The summed E-state index contributed by atoms with van der Waals surface area (Å²) in [7, 11) is 0. The molecular formula is C16H16ClN3O. The van der Waals surface area contributed by atoms with Crippen molar-refractivity contribution in [1.82, 2.24) is 9.97 Å². The summed E-state index contributed by atoms with van der Waals surface area (Å²) in [4.78, 5) is 17.1. The van der Waals surface area contributed by atoms with E-state index in [4.69, 9.17) is 11.6 Å². The molecular weight excluding hydrogens is 286 g/mol. The summed E-state index contributed by atoms with van der Waals surface area (Å²) in [5, 5.41) is 0.718. The first kappa shape index (κ1) is 15.1. The molecule has 3 aromatic rings. The number of fused-ring (bicyclic) bond motifs is 1. The van der Waals surface area contributed by atoms with Gasteiger partial charge in [-0.25, -0.2) is 4.98 Å². The molecule has 108 valence electrons. The van der Waals surface area contributed by atoms with Crippen LogP contribution in [0, 0.1) is 0 Å². The molecule has 0 atom stereocenters. The van der Waals surface area contributed by atoms with Crippen molar-refractivity contribution >= 4 is 28.5 Å². The summed E-state index contributed by atoms with van der Waals surface area (Å²) in [6, 6.07) is 16.0. The van der Waals surface area contributed by atoms with E-state index in [0.717, 1.165) is 28.3 Å². The number of H-pyrrole nitrogens is 1. The number of imidazole rings is 1. The molecule has 0 saturated carbocycles. The van der Waals surface area contributed by atoms with Crippen molar-refractivity contribution < 1.29 is 4.79 Å². The van der Waals surface area contributed by atoms with Crippen LogP contribution in [0.15, 0.2) is 48.5 Å². The summed E-state index contributed by atoms with van der Waals surface area (Å²) >= 11 is 5.93. The number of rotatable bonds is 2. The monoisotopic (exact) mass is 301 g/mol. The Balaban J connectivity index is 0.000000361. The minimum Gasteiger partial charge on any atom is -0.370 e. The van der Waals surface area contributed by atoms with E-state index < -0.39 is 0 Å².